The SMILES string of the molecule is Cc1ccc(S(=O)(=O)N2CCCO[C@H]2CNC(=O)C(=O)NCc2ccccc2Cl)cc1. The van der Waals surface area contributed by atoms with Crippen molar-refractivity contribution in [3.63, 3.8) is 0 Å². The number of ether oxygens (including phenoxy) is 1. The molecule has 166 valence electrons. The van der Waals surface area contributed by atoms with Crippen LogP contribution in [0.25, 0.3) is 0 Å². The van der Waals surface area contributed by atoms with Crippen LogP contribution in [0, 0.1) is 6.92 Å². The zero-order chi connectivity index (χ0) is 22.4. The number of benzene rings is 2. The van der Waals surface area contributed by atoms with Crippen LogP contribution in [0.4, 0.5) is 0 Å². The molecular formula is C21H24ClN3O5S. The van der Waals surface area contributed by atoms with E-state index in [0.29, 0.717) is 23.6 Å². The van der Waals surface area contributed by atoms with Gasteiger partial charge in [0.1, 0.15) is 6.23 Å². The summed E-state index contributed by atoms with van der Waals surface area (Å²) in [4.78, 5) is 24.4. The molecule has 1 heterocycles. The van der Waals surface area contributed by atoms with E-state index in [9.17, 15) is 18.0 Å². The van der Waals surface area contributed by atoms with Crippen molar-refractivity contribution in [2.24, 2.45) is 0 Å². The molecule has 0 spiro atoms. The Kier molecular flexibility index (Phi) is 7.66. The van der Waals surface area contributed by atoms with Gasteiger partial charge in [0.05, 0.1) is 18.0 Å². The average molecular weight is 466 g/mol. The zero-order valence-corrected chi connectivity index (χ0v) is 18.6. The molecule has 1 aliphatic rings. The van der Waals surface area contributed by atoms with E-state index in [1.165, 1.54) is 16.4 Å². The molecule has 0 bridgehead atoms. The van der Waals surface area contributed by atoms with Gasteiger partial charge in [0, 0.05) is 18.1 Å². The number of sulfonamides is 1. The summed E-state index contributed by atoms with van der Waals surface area (Å²) < 4.78 is 32.8. The van der Waals surface area contributed by atoms with E-state index in [1.54, 1.807) is 36.4 Å². The van der Waals surface area contributed by atoms with Crippen LogP contribution in [0.5, 0.6) is 0 Å². The minimum absolute atomic E-state index is 0.0970. The van der Waals surface area contributed by atoms with Gasteiger partial charge in [-0.05, 0) is 37.1 Å². The van der Waals surface area contributed by atoms with Gasteiger partial charge in [-0.2, -0.15) is 4.31 Å². The number of aryl methyl sites for hydroxylation is 1. The predicted octanol–water partition coefficient (Wildman–Crippen LogP) is 1.82. The van der Waals surface area contributed by atoms with Crippen LogP contribution >= 0.6 is 11.6 Å². The number of carbonyl (C=O) groups is 2. The molecule has 0 unspecified atom stereocenters. The number of amides is 2. The summed E-state index contributed by atoms with van der Waals surface area (Å²) in [5.41, 5.74) is 1.62. The fourth-order valence-corrected chi connectivity index (χ4v) is 4.87. The Labute approximate surface area is 186 Å². The maximum absolute atomic E-state index is 13.0. The Bertz CT molecular complexity index is 1040. The Morgan fingerprint density at radius 2 is 1.77 bits per heavy atom. The van der Waals surface area contributed by atoms with Gasteiger partial charge in [0.15, 0.2) is 0 Å². The maximum Gasteiger partial charge on any atom is 0.309 e. The third-order valence-electron chi connectivity index (χ3n) is 4.82. The van der Waals surface area contributed by atoms with Gasteiger partial charge >= 0.3 is 11.8 Å². The fourth-order valence-electron chi connectivity index (χ4n) is 3.11. The lowest BCUT2D eigenvalue weighted by Crippen LogP contribution is -2.53. The quantitative estimate of drug-likeness (QED) is 0.633. The second kappa shape index (κ2) is 10.2. The van der Waals surface area contributed by atoms with Crippen molar-refractivity contribution in [3.05, 3.63) is 64.7 Å². The Balaban J connectivity index is 1.59. The molecule has 3 rings (SSSR count). The lowest BCUT2D eigenvalue weighted by molar-refractivity contribution is -0.140. The topological polar surface area (TPSA) is 105 Å². The standard InChI is InChI=1S/C21H24ClN3O5S/c1-15-7-9-17(10-8-15)31(28,29)25-11-4-12-30-19(25)14-24-21(27)20(26)23-13-16-5-2-3-6-18(16)22/h2-3,5-10,19H,4,11-14H2,1H3,(H,23,26)(H,24,27)/t19-/m0/s1. The fraction of sp³-hybridized carbons (Fsp3) is 0.333. The van der Waals surface area contributed by atoms with Crippen LogP contribution in [0.3, 0.4) is 0 Å². The summed E-state index contributed by atoms with van der Waals surface area (Å²) in [6.45, 7) is 2.44. The minimum Gasteiger partial charge on any atom is -0.360 e. The number of nitrogens with one attached hydrogen (secondary N) is 2. The summed E-state index contributed by atoms with van der Waals surface area (Å²) in [7, 11) is -3.81. The van der Waals surface area contributed by atoms with E-state index in [-0.39, 0.29) is 24.5 Å². The molecule has 10 heteroatoms. The van der Waals surface area contributed by atoms with Crippen molar-refractivity contribution in [3.8, 4) is 0 Å². The molecule has 2 amide bonds. The summed E-state index contributed by atoms with van der Waals surface area (Å²) >= 11 is 6.04. The molecule has 2 aromatic carbocycles. The highest BCUT2D eigenvalue weighted by molar-refractivity contribution is 7.89. The molecule has 1 fully saturated rings. The number of carbonyl (C=O) groups excluding carboxylic acids is 2. The number of nitrogens with zero attached hydrogens (tertiary/aromatic N) is 1. The van der Waals surface area contributed by atoms with Crippen molar-refractivity contribution in [2.45, 2.75) is 31.0 Å². The second-order valence-electron chi connectivity index (χ2n) is 7.09. The van der Waals surface area contributed by atoms with Gasteiger partial charge in [0.25, 0.3) is 0 Å². The highest BCUT2D eigenvalue weighted by Crippen LogP contribution is 2.22. The van der Waals surface area contributed by atoms with Crippen molar-refractivity contribution in [1.29, 1.82) is 0 Å². The first-order valence-electron chi connectivity index (χ1n) is 9.78. The minimum atomic E-state index is -3.81. The number of hydrogen-bond donors (Lipinski definition) is 2. The summed E-state index contributed by atoms with van der Waals surface area (Å²) in [6.07, 6.45) is -0.367. The van der Waals surface area contributed by atoms with Gasteiger partial charge < -0.3 is 15.4 Å². The van der Waals surface area contributed by atoms with Gasteiger partial charge in [-0.25, -0.2) is 8.42 Å². The number of hydrogen-bond acceptors (Lipinski definition) is 5. The average Bonchev–Trinajstić information content (AvgIpc) is 2.77. The lowest BCUT2D eigenvalue weighted by Gasteiger charge is -2.34. The highest BCUT2D eigenvalue weighted by atomic mass is 35.5. The molecule has 0 saturated carbocycles. The molecule has 0 radical (unpaired) electrons. The summed E-state index contributed by atoms with van der Waals surface area (Å²) in [5, 5.41) is 5.42. The molecule has 2 aromatic rings. The zero-order valence-electron chi connectivity index (χ0n) is 17.0. The van der Waals surface area contributed by atoms with E-state index in [1.807, 2.05) is 6.92 Å². The van der Waals surface area contributed by atoms with E-state index in [0.717, 1.165) is 5.56 Å². The van der Waals surface area contributed by atoms with E-state index in [2.05, 4.69) is 10.6 Å². The van der Waals surface area contributed by atoms with Crippen LogP contribution in [-0.4, -0.2) is 50.5 Å². The summed E-state index contributed by atoms with van der Waals surface area (Å²) in [5.74, 6) is -1.72. The van der Waals surface area contributed by atoms with Crippen LogP contribution in [-0.2, 0) is 30.9 Å². The van der Waals surface area contributed by atoms with Crippen molar-refractivity contribution >= 4 is 33.4 Å². The molecule has 1 aliphatic heterocycles. The Morgan fingerprint density at radius 1 is 1.10 bits per heavy atom. The van der Waals surface area contributed by atoms with Crippen molar-refractivity contribution < 1.29 is 22.7 Å². The molecule has 1 saturated heterocycles. The lowest BCUT2D eigenvalue weighted by atomic mass is 10.2. The summed E-state index contributed by atoms with van der Waals surface area (Å²) in [6, 6.07) is 13.5. The predicted molar refractivity (Wildman–Crippen MR) is 116 cm³/mol. The van der Waals surface area contributed by atoms with Crippen molar-refractivity contribution in [1.82, 2.24) is 14.9 Å². The van der Waals surface area contributed by atoms with Gasteiger partial charge in [0.2, 0.25) is 10.0 Å². The molecule has 31 heavy (non-hydrogen) atoms. The molecule has 2 N–H and O–H groups in total. The van der Waals surface area contributed by atoms with Gasteiger partial charge in [-0.1, -0.05) is 47.5 Å². The Morgan fingerprint density at radius 3 is 2.48 bits per heavy atom. The first-order chi connectivity index (χ1) is 14.8. The van der Waals surface area contributed by atoms with E-state index in [4.69, 9.17) is 16.3 Å². The highest BCUT2D eigenvalue weighted by Gasteiger charge is 2.34. The van der Waals surface area contributed by atoms with Crippen LogP contribution in [0.1, 0.15) is 17.5 Å². The number of rotatable bonds is 6. The van der Waals surface area contributed by atoms with Gasteiger partial charge in [-0.15, -0.1) is 0 Å². The van der Waals surface area contributed by atoms with Crippen LogP contribution in [0.2, 0.25) is 5.02 Å². The molecule has 8 nitrogen and oxygen atoms in total. The van der Waals surface area contributed by atoms with Crippen LogP contribution in [0.15, 0.2) is 53.4 Å². The third-order valence-corrected chi connectivity index (χ3v) is 7.09. The number of halogens is 1. The van der Waals surface area contributed by atoms with E-state index >= 15 is 0 Å². The largest absolute Gasteiger partial charge is 0.360 e. The first-order valence-corrected chi connectivity index (χ1v) is 11.6. The van der Waals surface area contributed by atoms with Crippen molar-refractivity contribution in [2.75, 3.05) is 19.7 Å². The molecule has 1 atom stereocenters. The second-order valence-corrected chi connectivity index (χ2v) is 9.39. The normalized spacial score (nSPS) is 17.2. The molecular weight excluding hydrogens is 442 g/mol. The maximum atomic E-state index is 13.0. The Hall–Kier alpha value is -2.46. The van der Waals surface area contributed by atoms with Crippen LogP contribution < -0.4 is 10.6 Å². The smallest absolute Gasteiger partial charge is 0.309 e. The van der Waals surface area contributed by atoms with Gasteiger partial charge in [-0.3, -0.25) is 9.59 Å². The monoisotopic (exact) mass is 465 g/mol. The first kappa shape index (κ1) is 23.2. The van der Waals surface area contributed by atoms with E-state index < -0.39 is 28.1 Å². The third kappa shape index (κ3) is 5.82. The molecule has 0 aromatic heterocycles. The molecule has 0 aliphatic carbocycles.